The summed E-state index contributed by atoms with van der Waals surface area (Å²) in [6.07, 6.45) is 5.65. The third kappa shape index (κ3) is 6.09. The van der Waals surface area contributed by atoms with Crippen molar-refractivity contribution in [3.05, 3.63) is 0 Å². The van der Waals surface area contributed by atoms with Crippen molar-refractivity contribution < 1.29 is 9.84 Å². The van der Waals surface area contributed by atoms with Gasteiger partial charge in [0.25, 0.3) is 0 Å². The fourth-order valence-corrected chi connectivity index (χ4v) is 2.61. The van der Waals surface area contributed by atoms with Gasteiger partial charge in [-0.05, 0) is 43.7 Å². The van der Waals surface area contributed by atoms with Crippen molar-refractivity contribution in [3.8, 4) is 0 Å². The number of morpholine rings is 1. The Hall–Kier alpha value is 0.230. The molecule has 1 aliphatic heterocycles. The van der Waals surface area contributed by atoms with Crippen molar-refractivity contribution >= 4 is 11.8 Å². The lowest BCUT2D eigenvalue weighted by atomic mass is 10.0. The highest BCUT2D eigenvalue weighted by atomic mass is 32.2. The molecule has 0 amide bonds. The van der Waals surface area contributed by atoms with Gasteiger partial charge in [0.05, 0.1) is 13.2 Å². The van der Waals surface area contributed by atoms with Crippen LogP contribution in [0.15, 0.2) is 0 Å². The van der Waals surface area contributed by atoms with E-state index in [0.29, 0.717) is 12.5 Å². The molecule has 0 aromatic rings. The van der Waals surface area contributed by atoms with Crippen molar-refractivity contribution in [2.75, 3.05) is 51.5 Å². The summed E-state index contributed by atoms with van der Waals surface area (Å²) in [7, 11) is 0. The molecule has 1 atom stereocenters. The van der Waals surface area contributed by atoms with Crippen molar-refractivity contribution in [1.82, 2.24) is 4.90 Å². The van der Waals surface area contributed by atoms with Gasteiger partial charge in [0, 0.05) is 19.7 Å². The summed E-state index contributed by atoms with van der Waals surface area (Å²) in [5.74, 6) is 1.68. The van der Waals surface area contributed by atoms with Gasteiger partial charge in [0.2, 0.25) is 0 Å². The monoisotopic (exact) mass is 247 g/mol. The molecule has 1 N–H and O–H groups in total. The summed E-state index contributed by atoms with van der Waals surface area (Å²) < 4.78 is 5.32. The summed E-state index contributed by atoms with van der Waals surface area (Å²) in [4.78, 5) is 2.46. The van der Waals surface area contributed by atoms with Crippen LogP contribution in [0.2, 0.25) is 0 Å². The predicted molar refractivity (Wildman–Crippen MR) is 70.1 cm³/mol. The normalized spacial score (nSPS) is 19.9. The van der Waals surface area contributed by atoms with Crippen molar-refractivity contribution in [2.24, 2.45) is 5.92 Å². The topological polar surface area (TPSA) is 32.7 Å². The highest BCUT2D eigenvalue weighted by Gasteiger charge is 2.11. The van der Waals surface area contributed by atoms with Crippen LogP contribution >= 0.6 is 11.8 Å². The van der Waals surface area contributed by atoms with Gasteiger partial charge in [-0.1, -0.05) is 0 Å². The number of rotatable bonds is 8. The van der Waals surface area contributed by atoms with Crippen molar-refractivity contribution in [2.45, 2.75) is 19.3 Å². The number of aliphatic hydroxyl groups is 1. The molecule has 0 bridgehead atoms. The van der Waals surface area contributed by atoms with E-state index < -0.39 is 0 Å². The van der Waals surface area contributed by atoms with E-state index in [4.69, 9.17) is 4.74 Å². The first kappa shape index (κ1) is 14.3. The third-order valence-electron chi connectivity index (χ3n) is 3.18. The molecule has 1 saturated heterocycles. The Labute approximate surface area is 104 Å². The summed E-state index contributed by atoms with van der Waals surface area (Å²) in [6, 6.07) is 0. The highest BCUT2D eigenvalue weighted by Crippen LogP contribution is 2.14. The second-order valence-corrected chi connectivity index (χ2v) is 5.41. The lowest BCUT2D eigenvalue weighted by Crippen LogP contribution is -2.37. The quantitative estimate of drug-likeness (QED) is 0.704. The minimum absolute atomic E-state index is 0.351. The Morgan fingerprint density at radius 1 is 1.31 bits per heavy atom. The van der Waals surface area contributed by atoms with Crippen LogP contribution in [0.4, 0.5) is 0 Å². The number of aliphatic hydroxyl groups excluding tert-OH is 1. The van der Waals surface area contributed by atoms with E-state index in [-0.39, 0.29) is 0 Å². The first-order chi connectivity index (χ1) is 7.86. The SMILES string of the molecule is CSCC[C@H](CO)CCCN1CCOCC1. The molecular formula is C12H25NO2S. The van der Waals surface area contributed by atoms with Crippen LogP contribution in [-0.2, 0) is 4.74 Å². The van der Waals surface area contributed by atoms with Gasteiger partial charge < -0.3 is 9.84 Å². The average Bonchev–Trinajstić information content (AvgIpc) is 2.35. The molecule has 4 heteroatoms. The lowest BCUT2D eigenvalue weighted by molar-refractivity contribution is 0.0362. The smallest absolute Gasteiger partial charge is 0.0594 e. The van der Waals surface area contributed by atoms with Crippen LogP contribution in [0, 0.1) is 5.92 Å². The van der Waals surface area contributed by atoms with Crippen LogP contribution in [0.1, 0.15) is 19.3 Å². The Balaban J connectivity index is 2.02. The van der Waals surface area contributed by atoms with E-state index in [2.05, 4.69) is 11.2 Å². The van der Waals surface area contributed by atoms with E-state index in [1.54, 1.807) is 0 Å². The maximum Gasteiger partial charge on any atom is 0.0594 e. The van der Waals surface area contributed by atoms with E-state index in [9.17, 15) is 5.11 Å². The second kappa shape index (κ2) is 9.28. The van der Waals surface area contributed by atoms with Gasteiger partial charge in [-0.2, -0.15) is 11.8 Å². The molecule has 0 aliphatic carbocycles. The van der Waals surface area contributed by atoms with E-state index in [0.717, 1.165) is 39.1 Å². The number of ether oxygens (including phenoxy) is 1. The molecule has 0 unspecified atom stereocenters. The van der Waals surface area contributed by atoms with Crippen LogP contribution < -0.4 is 0 Å². The third-order valence-corrected chi connectivity index (χ3v) is 3.82. The summed E-state index contributed by atoms with van der Waals surface area (Å²) in [5, 5.41) is 9.25. The summed E-state index contributed by atoms with van der Waals surface area (Å²) in [6.45, 7) is 5.44. The molecule has 96 valence electrons. The highest BCUT2D eigenvalue weighted by molar-refractivity contribution is 7.98. The van der Waals surface area contributed by atoms with Gasteiger partial charge in [-0.25, -0.2) is 0 Å². The molecule has 1 rings (SSSR count). The minimum atomic E-state index is 0.351. The summed E-state index contributed by atoms with van der Waals surface area (Å²) in [5.41, 5.74) is 0. The molecule has 1 fully saturated rings. The van der Waals surface area contributed by atoms with Crippen LogP contribution in [0.3, 0.4) is 0 Å². The Kier molecular flexibility index (Phi) is 8.29. The number of hydrogen-bond donors (Lipinski definition) is 1. The zero-order valence-electron chi connectivity index (χ0n) is 10.4. The molecule has 16 heavy (non-hydrogen) atoms. The van der Waals surface area contributed by atoms with Crippen molar-refractivity contribution in [3.63, 3.8) is 0 Å². The molecule has 1 aliphatic rings. The largest absolute Gasteiger partial charge is 0.396 e. The molecule has 0 spiro atoms. The molecule has 0 radical (unpaired) electrons. The van der Waals surface area contributed by atoms with Gasteiger partial charge in [0.15, 0.2) is 0 Å². The van der Waals surface area contributed by atoms with Gasteiger partial charge >= 0.3 is 0 Å². The standard InChI is InChI=1S/C12H25NO2S/c1-16-10-4-12(11-14)3-2-5-13-6-8-15-9-7-13/h12,14H,2-11H2,1H3/t12-/m1/s1. The zero-order valence-corrected chi connectivity index (χ0v) is 11.2. The fourth-order valence-electron chi connectivity index (χ4n) is 2.04. The van der Waals surface area contributed by atoms with E-state index >= 15 is 0 Å². The second-order valence-electron chi connectivity index (χ2n) is 4.43. The summed E-state index contributed by atoms with van der Waals surface area (Å²) >= 11 is 1.87. The minimum Gasteiger partial charge on any atom is -0.396 e. The average molecular weight is 247 g/mol. The molecule has 3 nitrogen and oxygen atoms in total. The van der Waals surface area contributed by atoms with Gasteiger partial charge in [-0.3, -0.25) is 4.90 Å². The van der Waals surface area contributed by atoms with Crippen molar-refractivity contribution in [1.29, 1.82) is 0 Å². The van der Waals surface area contributed by atoms with Crippen LogP contribution in [0.25, 0.3) is 0 Å². The molecule has 0 aromatic heterocycles. The van der Waals surface area contributed by atoms with E-state index in [1.165, 1.54) is 18.7 Å². The first-order valence-corrected chi connectivity index (χ1v) is 7.66. The molecule has 0 saturated carbocycles. The number of hydrogen-bond acceptors (Lipinski definition) is 4. The first-order valence-electron chi connectivity index (χ1n) is 6.26. The zero-order chi connectivity index (χ0) is 11.6. The van der Waals surface area contributed by atoms with Gasteiger partial charge in [-0.15, -0.1) is 0 Å². The maximum atomic E-state index is 9.25. The van der Waals surface area contributed by atoms with Crippen LogP contribution in [-0.4, -0.2) is 61.5 Å². The molecule has 1 heterocycles. The lowest BCUT2D eigenvalue weighted by Gasteiger charge is -2.27. The molecule has 0 aromatic carbocycles. The Morgan fingerprint density at radius 3 is 2.69 bits per heavy atom. The predicted octanol–water partition coefficient (Wildman–Crippen LogP) is 1.46. The van der Waals surface area contributed by atoms with E-state index in [1.807, 2.05) is 11.8 Å². The number of thioether (sulfide) groups is 1. The fraction of sp³-hybridized carbons (Fsp3) is 1.00. The van der Waals surface area contributed by atoms with Crippen LogP contribution in [0.5, 0.6) is 0 Å². The maximum absolute atomic E-state index is 9.25. The molecular weight excluding hydrogens is 222 g/mol. The Morgan fingerprint density at radius 2 is 2.06 bits per heavy atom. The number of nitrogens with zero attached hydrogens (tertiary/aromatic N) is 1. The van der Waals surface area contributed by atoms with Gasteiger partial charge in [0.1, 0.15) is 0 Å². The Bertz CT molecular complexity index is 163.